The summed E-state index contributed by atoms with van der Waals surface area (Å²) in [6.07, 6.45) is 1.95. The lowest BCUT2D eigenvalue weighted by molar-refractivity contribution is 0.194. The van der Waals surface area contributed by atoms with Crippen molar-refractivity contribution in [2.75, 3.05) is 0 Å². The predicted molar refractivity (Wildman–Crippen MR) is 64.4 cm³/mol. The summed E-state index contributed by atoms with van der Waals surface area (Å²) >= 11 is 3.40. The van der Waals surface area contributed by atoms with Crippen molar-refractivity contribution in [3.8, 4) is 5.69 Å². The molecule has 0 amide bonds. The van der Waals surface area contributed by atoms with Crippen LogP contribution in [0, 0.1) is 0 Å². The molecule has 0 saturated carbocycles. The molecule has 1 heterocycles. The first-order chi connectivity index (χ1) is 7.65. The molecule has 16 heavy (non-hydrogen) atoms. The molecule has 0 aliphatic carbocycles. The summed E-state index contributed by atoms with van der Waals surface area (Å²) < 4.78 is 2.69. The zero-order valence-electron chi connectivity index (χ0n) is 8.84. The molecule has 0 saturated heterocycles. The Hall–Kier alpha value is -1.20. The Morgan fingerprint density at radius 3 is 3.00 bits per heavy atom. The first kappa shape index (κ1) is 11.3. The van der Waals surface area contributed by atoms with Crippen LogP contribution in [0.15, 0.2) is 34.9 Å². The first-order valence-electron chi connectivity index (χ1n) is 5.00. The number of aromatic nitrogens is 3. The molecule has 84 valence electrons. The Balaban J connectivity index is 2.24. The molecule has 5 heteroatoms. The van der Waals surface area contributed by atoms with Crippen LogP contribution < -0.4 is 0 Å². The third kappa shape index (κ3) is 2.68. The van der Waals surface area contributed by atoms with Crippen LogP contribution in [0.2, 0.25) is 0 Å². The van der Waals surface area contributed by atoms with Crippen molar-refractivity contribution in [1.82, 2.24) is 15.0 Å². The molecule has 0 aliphatic rings. The minimum absolute atomic E-state index is 0.396. The van der Waals surface area contributed by atoms with Crippen molar-refractivity contribution in [3.63, 3.8) is 0 Å². The van der Waals surface area contributed by atoms with Gasteiger partial charge < -0.3 is 5.11 Å². The summed E-state index contributed by atoms with van der Waals surface area (Å²) in [5.41, 5.74) is 1.73. The van der Waals surface area contributed by atoms with E-state index in [9.17, 15) is 5.11 Å². The van der Waals surface area contributed by atoms with E-state index < -0.39 is 6.10 Å². The Morgan fingerprint density at radius 1 is 1.50 bits per heavy atom. The highest BCUT2D eigenvalue weighted by molar-refractivity contribution is 9.10. The molecule has 1 aromatic heterocycles. The molecule has 0 radical (unpaired) electrons. The van der Waals surface area contributed by atoms with Crippen molar-refractivity contribution in [1.29, 1.82) is 0 Å². The van der Waals surface area contributed by atoms with Gasteiger partial charge in [0.2, 0.25) is 0 Å². The fourth-order valence-electron chi connectivity index (χ4n) is 1.44. The zero-order chi connectivity index (χ0) is 11.5. The smallest absolute Gasteiger partial charge is 0.0857 e. The highest BCUT2D eigenvalue weighted by Gasteiger charge is 2.05. The molecular weight excluding hydrogens is 270 g/mol. The maximum absolute atomic E-state index is 9.25. The van der Waals surface area contributed by atoms with Crippen LogP contribution in [0.5, 0.6) is 0 Å². The van der Waals surface area contributed by atoms with E-state index in [2.05, 4.69) is 26.2 Å². The van der Waals surface area contributed by atoms with E-state index in [1.807, 2.05) is 30.5 Å². The van der Waals surface area contributed by atoms with E-state index in [-0.39, 0.29) is 0 Å². The molecule has 1 atom stereocenters. The summed E-state index contributed by atoms with van der Waals surface area (Å²) in [6, 6.07) is 7.80. The fourth-order valence-corrected chi connectivity index (χ4v) is 1.83. The molecule has 0 aliphatic heterocycles. The molecule has 4 nitrogen and oxygen atoms in total. The minimum atomic E-state index is -0.396. The second-order valence-corrected chi connectivity index (χ2v) is 4.60. The third-order valence-corrected chi connectivity index (χ3v) is 2.61. The summed E-state index contributed by atoms with van der Waals surface area (Å²) in [4.78, 5) is 0. The first-order valence-corrected chi connectivity index (χ1v) is 5.79. The lowest BCUT2D eigenvalue weighted by atomic mass is 10.2. The van der Waals surface area contributed by atoms with E-state index in [0.717, 1.165) is 15.9 Å². The minimum Gasteiger partial charge on any atom is -0.393 e. The maximum atomic E-state index is 9.25. The molecular formula is C11H12BrN3O. The third-order valence-electron chi connectivity index (χ3n) is 2.12. The summed E-state index contributed by atoms with van der Waals surface area (Å²) in [5, 5.41) is 17.3. The molecule has 1 N–H and O–H groups in total. The van der Waals surface area contributed by atoms with E-state index >= 15 is 0 Å². The van der Waals surface area contributed by atoms with Gasteiger partial charge in [-0.1, -0.05) is 27.2 Å². The van der Waals surface area contributed by atoms with E-state index in [0.29, 0.717) is 6.42 Å². The Kier molecular flexibility index (Phi) is 3.36. The maximum Gasteiger partial charge on any atom is 0.0857 e. The zero-order valence-corrected chi connectivity index (χ0v) is 10.4. The van der Waals surface area contributed by atoms with Crippen LogP contribution in [0.3, 0.4) is 0 Å². The highest BCUT2D eigenvalue weighted by Crippen LogP contribution is 2.14. The summed E-state index contributed by atoms with van der Waals surface area (Å²) in [5.74, 6) is 0. The molecule has 0 bridgehead atoms. The standard InChI is InChI=1S/C11H12BrN3O/c1-8(16)5-10-7-15(14-13-10)11-4-2-3-9(12)6-11/h2-4,6-8,16H,5H2,1H3. The second-order valence-electron chi connectivity index (χ2n) is 3.69. The van der Waals surface area contributed by atoms with E-state index in [4.69, 9.17) is 0 Å². The fraction of sp³-hybridized carbons (Fsp3) is 0.273. The predicted octanol–water partition coefficient (Wildman–Crippen LogP) is 1.95. The van der Waals surface area contributed by atoms with Crippen molar-refractivity contribution in [2.24, 2.45) is 0 Å². The molecule has 0 fully saturated rings. The number of aliphatic hydroxyl groups is 1. The van der Waals surface area contributed by atoms with Crippen molar-refractivity contribution < 1.29 is 5.11 Å². The Labute approximate surface area is 102 Å². The molecule has 1 aromatic carbocycles. The molecule has 1 unspecified atom stereocenters. The van der Waals surface area contributed by atoms with Crippen LogP contribution >= 0.6 is 15.9 Å². The quantitative estimate of drug-likeness (QED) is 0.936. The van der Waals surface area contributed by atoms with Gasteiger partial charge in [0.15, 0.2) is 0 Å². The van der Waals surface area contributed by atoms with Gasteiger partial charge in [-0.25, -0.2) is 4.68 Å². The SMILES string of the molecule is CC(O)Cc1cn(-c2cccc(Br)c2)nn1. The van der Waals surface area contributed by atoms with Crippen LogP contribution in [0.1, 0.15) is 12.6 Å². The number of benzene rings is 1. The second kappa shape index (κ2) is 4.76. The van der Waals surface area contributed by atoms with Crippen molar-refractivity contribution in [2.45, 2.75) is 19.4 Å². The van der Waals surface area contributed by atoms with E-state index in [1.54, 1.807) is 11.6 Å². The van der Waals surface area contributed by atoms with Gasteiger partial charge in [0.25, 0.3) is 0 Å². The molecule has 2 aromatic rings. The number of hydrogen-bond donors (Lipinski definition) is 1. The molecule has 2 rings (SSSR count). The van der Waals surface area contributed by atoms with Gasteiger partial charge in [0, 0.05) is 10.9 Å². The lowest BCUT2D eigenvalue weighted by Gasteiger charge is -2.00. The average Bonchev–Trinajstić information content (AvgIpc) is 2.65. The van der Waals surface area contributed by atoms with Gasteiger partial charge in [-0.15, -0.1) is 5.10 Å². The monoisotopic (exact) mass is 281 g/mol. The van der Waals surface area contributed by atoms with Crippen molar-refractivity contribution in [3.05, 3.63) is 40.6 Å². The van der Waals surface area contributed by atoms with Gasteiger partial charge in [-0.3, -0.25) is 0 Å². The van der Waals surface area contributed by atoms with Crippen LogP contribution in [0.4, 0.5) is 0 Å². The van der Waals surface area contributed by atoms with Crippen molar-refractivity contribution >= 4 is 15.9 Å². The van der Waals surface area contributed by atoms with Crippen LogP contribution in [-0.4, -0.2) is 26.2 Å². The van der Waals surface area contributed by atoms with E-state index in [1.165, 1.54) is 0 Å². The number of rotatable bonds is 3. The number of halogens is 1. The summed E-state index contributed by atoms with van der Waals surface area (Å²) in [7, 11) is 0. The normalized spacial score (nSPS) is 12.7. The van der Waals surface area contributed by atoms with Crippen LogP contribution in [-0.2, 0) is 6.42 Å². The Morgan fingerprint density at radius 2 is 2.31 bits per heavy atom. The largest absolute Gasteiger partial charge is 0.393 e. The lowest BCUT2D eigenvalue weighted by Crippen LogP contribution is -2.04. The van der Waals surface area contributed by atoms with Gasteiger partial charge in [-0.05, 0) is 25.1 Å². The Bertz CT molecular complexity index is 482. The molecule has 0 spiro atoms. The number of hydrogen-bond acceptors (Lipinski definition) is 3. The summed E-state index contributed by atoms with van der Waals surface area (Å²) in [6.45, 7) is 1.73. The van der Waals surface area contributed by atoms with Gasteiger partial charge >= 0.3 is 0 Å². The van der Waals surface area contributed by atoms with Crippen LogP contribution in [0.25, 0.3) is 5.69 Å². The van der Waals surface area contributed by atoms with Gasteiger partial charge in [-0.2, -0.15) is 0 Å². The topological polar surface area (TPSA) is 50.9 Å². The number of nitrogens with zero attached hydrogens (tertiary/aromatic N) is 3. The van der Waals surface area contributed by atoms with Gasteiger partial charge in [0.1, 0.15) is 0 Å². The highest BCUT2D eigenvalue weighted by atomic mass is 79.9. The van der Waals surface area contributed by atoms with Gasteiger partial charge in [0.05, 0.1) is 23.7 Å². The number of aliphatic hydroxyl groups excluding tert-OH is 1. The average molecular weight is 282 g/mol.